The van der Waals surface area contributed by atoms with E-state index in [1.807, 2.05) is 27.1 Å². The predicted octanol–water partition coefficient (Wildman–Crippen LogP) is 1.27. The third-order valence-electron chi connectivity index (χ3n) is 1.92. The van der Waals surface area contributed by atoms with E-state index in [2.05, 4.69) is 9.89 Å². The molecule has 3 nitrogen and oxygen atoms in total. The van der Waals surface area contributed by atoms with Crippen molar-refractivity contribution < 1.29 is 4.74 Å². The lowest BCUT2D eigenvalue weighted by molar-refractivity contribution is 0.145. The highest BCUT2D eigenvalue weighted by Gasteiger charge is 2.01. The van der Waals surface area contributed by atoms with Gasteiger partial charge < -0.3 is 9.64 Å². The molecule has 0 aliphatic carbocycles. The molecule has 0 radical (unpaired) electrons. The molecular weight excluding hydrogens is 152 g/mol. The Morgan fingerprint density at radius 3 is 3.00 bits per heavy atom. The summed E-state index contributed by atoms with van der Waals surface area (Å²) >= 11 is 0. The van der Waals surface area contributed by atoms with Crippen LogP contribution in [-0.2, 0) is 4.74 Å². The summed E-state index contributed by atoms with van der Waals surface area (Å²) in [4.78, 5) is 6.40. The van der Waals surface area contributed by atoms with Gasteiger partial charge in [0.15, 0.2) is 0 Å². The minimum absolute atomic E-state index is 0.699. The number of aliphatic imine (C=N–C) groups is 1. The summed E-state index contributed by atoms with van der Waals surface area (Å²) in [6, 6.07) is 0. The highest BCUT2D eigenvalue weighted by atomic mass is 16.5. The molecular formula is C9H16N2O. The van der Waals surface area contributed by atoms with Crippen molar-refractivity contribution in [2.45, 2.75) is 13.8 Å². The Hall–Kier alpha value is -0.830. The largest absolute Gasteiger partial charge is 0.375 e. The van der Waals surface area contributed by atoms with Gasteiger partial charge in [0.05, 0.1) is 13.2 Å². The van der Waals surface area contributed by atoms with Crippen LogP contribution in [0.3, 0.4) is 0 Å². The predicted molar refractivity (Wildman–Crippen MR) is 50.3 cm³/mol. The highest BCUT2D eigenvalue weighted by molar-refractivity contribution is 5.80. The highest BCUT2D eigenvalue weighted by Crippen LogP contribution is 1.99. The monoisotopic (exact) mass is 168 g/mol. The van der Waals surface area contributed by atoms with Crippen molar-refractivity contribution in [2.24, 2.45) is 4.99 Å². The zero-order valence-corrected chi connectivity index (χ0v) is 8.00. The second kappa shape index (κ2) is 4.26. The van der Waals surface area contributed by atoms with E-state index in [9.17, 15) is 0 Å². The van der Waals surface area contributed by atoms with Crippen molar-refractivity contribution in [3.8, 4) is 0 Å². The van der Waals surface area contributed by atoms with Gasteiger partial charge >= 0.3 is 0 Å². The lowest BCUT2D eigenvalue weighted by Gasteiger charge is -2.16. The van der Waals surface area contributed by atoms with Crippen molar-refractivity contribution >= 4 is 5.84 Å². The fraction of sp³-hybridized carbons (Fsp3) is 0.667. The molecule has 0 fully saturated rings. The maximum Gasteiger partial charge on any atom is 0.101 e. The first-order valence-corrected chi connectivity index (χ1v) is 4.19. The Morgan fingerprint density at radius 2 is 2.25 bits per heavy atom. The van der Waals surface area contributed by atoms with Crippen molar-refractivity contribution in [3.63, 3.8) is 0 Å². The standard InChI is InChI=1S/C9H16N2O/c1-8-6-10-9(2)11(3)4-5-12-7-8/h6H,4-5,7H2,1-3H3/b8-6+,10-9?. The summed E-state index contributed by atoms with van der Waals surface area (Å²) in [5, 5.41) is 0. The van der Waals surface area contributed by atoms with Crippen LogP contribution in [0.15, 0.2) is 16.8 Å². The summed E-state index contributed by atoms with van der Waals surface area (Å²) in [6.45, 7) is 6.42. The van der Waals surface area contributed by atoms with Crippen LogP contribution in [0.1, 0.15) is 13.8 Å². The zero-order chi connectivity index (χ0) is 8.97. The number of nitrogens with zero attached hydrogens (tertiary/aromatic N) is 2. The van der Waals surface area contributed by atoms with Gasteiger partial charge in [-0.2, -0.15) is 0 Å². The van der Waals surface area contributed by atoms with Gasteiger partial charge in [-0.1, -0.05) is 0 Å². The minimum Gasteiger partial charge on any atom is -0.375 e. The van der Waals surface area contributed by atoms with Crippen molar-refractivity contribution in [1.82, 2.24) is 4.90 Å². The summed E-state index contributed by atoms with van der Waals surface area (Å²) in [6.07, 6.45) is 1.87. The fourth-order valence-electron chi connectivity index (χ4n) is 0.936. The molecule has 0 spiro atoms. The van der Waals surface area contributed by atoms with Crippen LogP contribution in [0.4, 0.5) is 0 Å². The molecule has 1 aliphatic heterocycles. The summed E-state index contributed by atoms with van der Waals surface area (Å²) < 4.78 is 5.40. The van der Waals surface area contributed by atoms with Crippen LogP contribution in [-0.4, -0.2) is 37.5 Å². The van der Waals surface area contributed by atoms with Gasteiger partial charge in [0.2, 0.25) is 0 Å². The molecule has 0 saturated heterocycles. The average Bonchev–Trinajstić information content (AvgIpc) is 2.11. The van der Waals surface area contributed by atoms with Crippen LogP contribution < -0.4 is 0 Å². The molecule has 1 aliphatic rings. The van der Waals surface area contributed by atoms with Crippen molar-refractivity contribution in [2.75, 3.05) is 26.8 Å². The molecule has 12 heavy (non-hydrogen) atoms. The van der Waals surface area contributed by atoms with E-state index in [1.165, 1.54) is 5.57 Å². The number of hydrogen-bond donors (Lipinski definition) is 0. The van der Waals surface area contributed by atoms with Crippen molar-refractivity contribution in [1.29, 1.82) is 0 Å². The number of hydrogen-bond acceptors (Lipinski definition) is 3. The molecule has 0 aromatic rings. The Bertz CT molecular complexity index is 209. The average molecular weight is 168 g/mol. The molecule has 1 rings (SSSR count). The Kier molecular flexibility index (Phi) is 3.29. The molecule has 0 unspecified atom stereocenters. The smallest absolute Gasteiger partial charge is 0.101 e. The number of likely N-dealkylation sites (N-methyl/N-ethyl adjacent to an activating group) is 1. The summed E-state index contributed by atoms with van der Waals surface area (Å²) in [5.74, 6) is 1.04. The second-order valence-electron chi connectivity index (χ2n) is 3.13. The van der Waals surface area contributed by atoms with E-state index in [0.29, 0.717) is 6.61 Å². The first-order chi connectivity index (χ1) is 5.70. The molecule has 0 aromatic heterocycles. The molecule has 0 amide bonds. The van der Waals surface area contributed by atoms with Gasteiger partial charge in [0, 0.05) is 19.8 Å². The molecule has 0 bridgehead atoms. The molecule has 0 N–H and O–H groups in total. The van der Waals surface area contributed by atoms with Crippen LogP contribution >= 0.6 is 0 Å². The molecule has 68 valence electrons. The molecule has 0 aromatic carbocycles. The van der Waals surface area contributed by atoms with E-state index in [1.54, 1.807) is 0 Å². The van der Waals surface area contributed by atoms with Gasteiger partial charge in [-0.3, -0.25) is 0 Å². The second-order valence-corrected chi connectivity index (χ2v) is 3.13. The van der Waals surface area contributed by atoms with Gasteiger partial charge in [-0.05, 0) is 19.4 Å². The SMILES string of the molecule is CC1=N/C=C(\C)COCCN1C. The minimum atomic E-state index is 0.699. The van der Waals surface area contributed by atoms with Crippen molar-refractivity contribution in [3.05, 3.63) is 11.8 Å². The van der Waals surface area contributed by atoms with Gasteiger partial charge in [-0.25, -0.2) is 4.99 Å². The number of rotatable bonds is 0. The molecule has 3 heteroatoms. The topological polar surface area (TPSA) is 24.8 Å². The van der Waals surface area contributed by atoms with Crippen LogP contribution in [0, 0.1) is 0 Å². The number of amidine groups is 1. The van der Waals surface area contributed by atoms with Crippen LogP contribution in [0.2, 0.25) is 0 Å². The molecule has 1 heterocycles. The van der Waals surface area contributed by atoms with Gasteiger partial charge in [0.25, 0.3) is 0 Å². The summed E-state index contributed by atoms with van der Waals surface area (Å²) in [7, 11) is 2.02. The Morgan fingerprint density at radius 1 is 1.50 bits per heavy atom. The normalized spacial score (nSPS) is 24.8. The lowest BCUT2D eigenvalue weighted by Crippen LogP contribution is -2.27. The fourth-order valence-corrected chi connectivity index (χ4v) is 0.936. The van der Waals surface area contributed by atoms with E-state index >= 15 is 0 Å². The van der Waals surface area contributed by atoms with E-state index in [0.717, 1.165) is 19.0 Å². The first kappa shape index (κ1) is 9.26. The van der Waals surface area contributed by atoms with Gasteiger partial charge in [-0.15, -0.1) is 0 Å². The molecule has 0 saturated carbocycles. The maximum absolute atomic E-state index is 5.40. The van der Waals surface area contributed by atoms with E-state index < -0.39 is 0 Å². The third kappa shape index (κ3) is 2.66. The lowest BCUT2D eigenvalue weighted by atomic mass is 10.3. The van der Waals surface area contributed by atoms with Crippen LogP contribution in [0.25, 0.3) is 0 Å². The zero-order valence-electron chi connectivity index (χ0n) is 8.00. The third-order valence-corrected chi connectivity index (χ3v) is 1.92. The Labute approximate surface area is 73.7 Å². The van der Waals surface area contributed by atoms with E-state index in [4.69, 9.17) is 4.74 Å². The maximum atomic E-state index is 5.40. The summed E-state index contributed by atoms with van der Waals surface area (Å²) in [5.41, 5.74) is 1.17. The quantitative estimate of drug-likeness (QED) is 0.544. The molecule has 0 atom stereocenters. The van der Waals surface area contributed by atoms with Crippen LogP contribution in [0.5, 0.6) is 0 Å². The van der Waals surface area contributed by atoms with Gasteiger partial charge in [0.1, 0.15) is 5.84 Å². The first-order valence-electron chi connectivity index (χ1n) is 4.19. The Balaban J connectivity index is 2.68. The van der Waals surface area contributed by atoms with E-state index in [-0.39, 0.29) is 0 Å². The number of ether oxygens (including phenoxy) is 1.